The van der Waals surface area contributed by atoms with Crippen molar-refractivity contribution in [2.45, 2.75) is 52.5 Å². The van der Waals surface area contributed by atoms with Gasteiger partial charge in [-0.15, -0.1) is 0 Å². The van der Waals surface area contributed by atoms with Crippen LogP contribution in [0.2, 0.25) is 0 Å². The lowest BCUT2D eigenvalue weighted by atomic mass is 9.79. The zero-order valence-corrected chi connectivity index (χ0v) is 13.3. The molecule has 0 heterocycles. The summed E-state index contributed by atoms with van der Waals surface area (Å²) >= 11 is 3.57. The second-order valence-electron chi connectivity index (χ2n) is 6.02. The van der Waals surface area contributed by atoms with Crippen molar-refractivity contribution in [2.24, 2.45) is 11.8 Å². The Balaban J connectivity index is 1.91. The molecule has 0 saturated heterocycles. The SMILES string of the molecule is Cc1cc(Br)cc(NC2CCC(C(C)C)CC2)c1. The van der Waals surface area contributed by atoms with Gasteiger partial charge < -0.3 is 5.32 Å². The lowest BCUT2D eigenvalue weighted by molar-refractivity contribution is 0.267. The van der Waals surface area contributed by atoms with Crippen LogP contribution < -0.4 is 5.32 Å². The van der Waals surface area contributed by atoms with Crippen LogP contribution in [0.3, 0.4) is 0 Å². The summed E-state index contributed by atoms with van der Waals surface area (Å²) in [6.07, 6.45) is 5.38. The second kappa shape index (κ2) is 6.10. The Morgan fingerprint density at radius 2 is 1.78 bits per heavy atom. The van der Waals surface area contributed by atoms with E-state index in [-0.39, 0.29) is 0 Å². The molecule has 2 heteroatoms. The van der Waals surface area contributed by atoms with Gasteiger partial charge in [-0.3, -0.25) is 0 Å². The van der Waals surface area contributed by atoms with Crippen molar-refractivity contribution < 1.29 is 0 Å². The molecule has 1 saturated carbocycles. The van der Waals surface area contributed by atoms with Crippen LogP contribution in [-0.4, -0.2) is 6.04 Å². The molecule has 1 aromatic rings. The molecule has 2 rings (SSSR count). The van der Waals surface area contributed by atoms with Gasteiger partial charge in [0.05, 0.1) is 0 Å². The summed E-state index contributed by atoms with van der Waals surface area (Å²) in [6.45, 7) is 6.86. The smallest absolute Gasteiger partial charge is 0.0356 e. The molecule has 0 atom stereocenters. The third-order valence-corrected chi connectivity index (χ3v) is 4.59. The highest BCUT2D eigenvalue weighted by Gasteiger charge is 2.22. The fraction of sp³-hybridized carbons (Fsp3) is 0.625. The van der Waals surface area contributed by atoms with Crippen molar-refractivity contribution in [3.63, 3.8) is 0 Å². The molecule has 1 fully saturated rings. The van der Waals surface area contributed by atoms with E-state index in [1.807, 2.05) is 0 Å². The average molecular weight is 310 g/mol. The molecule has 18 heavy (non-hydrogen) atoms. The second-order valence-corrected chi connectivity index (χ2v) is 6.93. The number of aryl methyl sites for hydroxylation is 1. The Morgan fingerprint density at radius 1 is 1.11 bits per heavy atom. The highest BCUT2D eigenvalue weighted by molar-refractivity contribution is 9.10. The van der Waals surface area contributed by atoms with Crippen LogP contribution in [0.25, 0.3) is 0 Å². The first kappa shape index (κ1) is 13.9. The Labute approximate surface area is 119 Å². The van der Waals surface area contributed by atoms with Crippen molar-refractivity contribution in [2.75, 3.05) is 5.32 Å². The molecule has 1 N–H and O–H groups in total. The number of benzene rings is 1. The van der Waals surface area contributed by atoms with Gasteiger partial charge in [-0.05, 0) is 68.2 Å². The van der Waals surface area contributed by atoms with Crippen LogP contribution in [0.1, 0.15) is 45.1 Å². The quantitative estimate of drug-likeness (QED) is 0.790. The van der Waals surface area contributed by atoms with Gasteiger partial charge in [0.2, 0.25) is 0 Å². The van der Waals surface area contributed by atoms with Crippen molar-refractivity contribution in [1.82, 2.24) is 0 Å². The number of halogens is 1. The topological polar surface area (TPSA) is 12.0 Å². The van der Waals surface area contributed by atoms with E-state index in [1.54, 1.807) is 0 Å². The van der Waals surface area contributed by atoms with Crippen molar-refractivity contribution in [3.05, 3.63) is 28.2 Å². The minimum absolute atomic E-state index is 0.661. The molecule has 0 aliphatic heterocycles. The largest absolute Gasteiger partial charge is 0.382 e. The van der Waals surface area contributed by atoms with Crippen LogP contribution in [-0.2, 0) is 0 Å². The lowest BCUT2D eigenvalue weighted by Gasteiger charge is -2.32. The summed E-state index contributed by atoms with van der Waals surface area (Å²) in [6, 6.07) is 7.23. The average Bonchev–Trinajstić information content (AvgIpc) is 2.28. The number of nitrogens with one attached hydrogen (secondary N) is 1. The van der Waals surface area contributed by atoms with Gasteiger partial charge in [-0.25, -0.2) is 0 Å². The Hall–Kier alpha value is -0.500. The van der Waals surface area contributed by atoms with E-state index in [9.17, 15) is 0 Å². The molecular formula is C16H24BrN. The summed E-state index contributed by atoms with van der Waals surface area (Å²) in [7, 11) is 0. The predicted octanol–water partition coefficient (Wildman–Crippen LogP) is 5.38. The van der Waals surface area contributed by atoms with Gasteiger partial charge in [0.1, 0.15) is 0 Å². The van der Waals surface area contributed by atoms with E-state index in [2.05, 4.69) is 60.2 Å². The summed E-state index contributed by atoms with van der Waals surface area (Å²) in [5.41, 5.74) is 2.57. The highest BCUT2D eigenvalue weighted by Crippen LogP contribution is 2.31. The minimum atomic E-state index is 0.661. The van der Waals surface area contributed by atoms with E-state index in [0.29, 0.717) is 6.04 Å². The Morgan fingerprint density at radius 3 is 2.33 bits per heavy atom. The molecule has 1 aliphatic rings. The van der Waals surface area contributed by atoms with Crippen LogP contribution >= 0.6 is 15.9 Å². The maximum atomic E-state index is 3.69. The molecule has 1 aliphatic carbocycles. The van der Waals surface area contributed by atoms with Gasteiger partial charge in [0, 0.05) is 16.2 Å². The first-order valence-corrected chi connectivity index (χ1v) is 7.87. The van der Waals surface area contributed by atoms with E-state index >= 15 is 0 Å². The molecule has 0 spiro atoms. The standard InChI is InChI=1S/C16H24BrN/c1-11(2)13-4-6-15(7-5-13)18-16-9-12(3)8-14(17)10-16/h8-11,13,15,18H,4-7H2,1-3H3. The van der Waals surface area contributed by atoms with Crippen molar-refractivity contribution in [3.8, 4) is 0 Å². The molecule has 1 aromatic carbocycles. The van der Waals surface area contributed by atoms with Gasteiger partial charge in [0.15, 0.2) is 0 Å². The monoisotopic (exact) mass is 309 g/mol. The van der Waals surface area contributed by atoms with Gasteiger partial charge in [0.25, 0.3) is 0 Å². The summed E-state index contributed by atoms with van der Waals surface area (Å²) in [5, 5.41) is 3.69. The van der Waals surface area contributed by atoms with Gasteiger partial charge in [-0.1, -0.05) is 29.8 Å². The normalized spacial score (nSPS) is 24.3. The first-order chi connectivity index (χ1) is 8.54. The van der Waals surface area contributed by atoms with E-state index in [1.165, 1.54) is 41.4 Å². The van der Waals surface area contributed by atoms with Crippen LogP contribution in [0.4, 0.5) is 5.69 Å². The van der Waals surface area contributed by atoms with Crippen molar-refractivity contribution in [1.29, 1.82) is 0 Å². The molecule has 0 bridgehead atoms. The molecule has 0 radical (unpaired) electrons. The Kier molecular flexibility index (Phi) is 4.71. The van der Waals surface area contributed by atoms with Gasteiger partial charge >= 0.3 is 0 Å². The van der Waals surface area contributed by atoms with Crippen LogP contribution in [0.15, 0.2) is 22.7 Å². The minimum Gasteiger partial charge on any atom is -0.382 e. The zero-order chi connectivity index (χ0) is 13.1. The lowest BCUT2D eigenvalue weighted by Crippen LogP contribution is -2.27. The third kappa shape index (κ3) is 3.74. The summed E-state index contributed by atoms with van der Waals surface area (Å²) in [5.74, 6) is 1.78. The van der Waals surface area contributed by atoms with Crippen LogP contribution in [0.5, 0.6) is 0 Å². The number of rotatable bonds is 3. The number of anilines is 1. The molecule has 100 valence electrons. The maximum absolute atomic E-state index is 3.69. The van der Waals surface area contributed by atoms with Crippen LogP contribution in [0, 0.1) is 18.8 Å². The third-order valence-electron chi connectivity index (χ3n) is 4.13. The molecular weight excluding hydrogens is 286 g/mol. The molecule has 0 amide bonds. The highest BCUT2D eigenvalue weighted by atomic mass is 79.9. The fourth-order valence-corrected chi connectivity index (χ4v) is 3.59. The molecule has 1 nitrogen and oxygen atoms in total. The van der Waals surface area contributed by atoms with E-state index < -0.39 is 0 Å². The summed E-state index contributed by atoms with van der Waals surface area (Å²) in [4.78, 5) is 0. The van der Waals surface area contributed by atoms with E-state index in [4.69, 9.17) is 0 Å². The molecule has 0 aromatic heterocycles. The van der Waals surface area contributed by atoms with Gasteiger partial charge in [-0.2, -0.15) is 0 Å². The maximum Gasteiger partial charge on any atom is 0.0356 e. The Bertz CT molecular complexity index is 372. The van der Waals surface area contributed by atoms with E-state index in [0.717, 1.165) is 11.8 Å². The first-order valence-electron chi connectivity index (χ1n) is 7.08. The zero-order valence-electron chi connectivity index (χ0n) is 11.7. The predicted molar refractivity (Wildman–Crippen MR) is 83.1 cm³/mol. The summed E-state index contributed by atoms with van der Waals surface area (Å²) < 4.78 is 1.17. The molecule has 0 unspecified atom stereocenters. The number of hydrogen-bond donors (Lipinski definition) is 1. The fourth-order valence-electron chi connectivity index (χ4n) is 2.99. The van der Waals surface area contributed by atoms with Crippen molar-refractivity contribution >= 4 is 21.6 Å². The number of hydrogen-bond acceptors (Lipinski definition) is 1.